The number of aromatic carboxylic acids is 1. The molecule has 1 aromatic carbocycles. The lowest BCUT2D eigenvalue weighted by atomic mass is 10.2. The first-order valence-corrected chi connectivity index (χ1v) is 6.52. The average Bonchev–Trinajstić information content (AvgIpc) is 2.90. The summed E-state index contributed by atoms with van der Waals surface area (Å²) in [7, 11) is 0. The van der Waals surface area contributed by atoms with Gasteiger partial charge in [-0.1, -0.05) is 25.4 Å². The molecule has 1 heterocycles. The van der Waals surface area contributed by atoms with Crippen molar-refractivity contribution in [3.8, 4) is 0 Å². The number of H-pyrrole nitrogens is 1. The van der Waals surface area contributed by atoms with Crippen molar-refractivity contribution >= 4 is 29.2 Å². The average molecular weight is 309 g/mol. The number of aromatic nitrogens is 3. The summed E-state index contributed by atoms with van der Waals surface area (Å²) in [6.07, 6.45) is 0. The van der Waals surface area contributed by atoms with E-state index >= 15 is 0 Å². The molecule has 0 spiro atoms. The molecule has 21 heavy (non-hydrogen) atoms. The number of carbonyl (C=O) groups excluding carboxylic acids is 1. The maximum atomic E-state index is 12.0. The number of aromatic amines is 1. The molecule has 110 valence electrons. The van der Waals surface area contributed by atoms with Crippen molar-refractivity contribution in [2.45, 2.75) is 19.8 Å². The summed E-state index contributed by atoms with van der Waals surface area (Å²) in [6, 6.07) is 4.03. The lowest BCUT2D eigenvalue weighted by Gasteiger charge is -2.05. The van der Waals surface area contributed by atoms with Crippen molar-refractivity contribution in [3.63, 3.8) is 0 Å². The fourth-order valence-corrected chi connectivity index (χ4v) is 1.79. The number of hydrogen-bond acceptors (Lipinski definition) is 4. The van der Waals surface area contributed by atoms with Gasteiger partial charge in [0.1, 0.15) is 5.82 Å². The molecule has 0 unspecified atom stereocenters. The van der Waals surface area contributed by atoms with Gasteiger partial charge in [0.05, 0.1) is 16.3 Å². The van der Waals surface area contributed by atoms with Crippen LogP contribution in [0.25, 0.3) is 0 Å². The molecular formula is C13H13ClN4O3. The molecule has 0 bridgehead atoms. The van der Waals surface area contributed by atoms with Gasteiger partial charge in [-0.2, -0.15) is 0 Å². The molecule has 0 aliphatic carbocycles. The summed E-state index contributed by atoms with van der Waals surface area (Å²) in [4.78, 5) is 26.9. The molecule has 3 N–H and O–H groups in total. The van der Waals surface area contributed by atoms with Gasteiger partial charge in [0.25, 0.3) is 5.91 Å². The van der Waals surface area contributed by atoms with E-state index in [0.717, 1.165) is 0 Å². The first kappa shape index (κ1) is 15.0. The number of benzene rings is 1. The number of rotatable bonds is 4. The highest BCUT2D eigenvalue weighted by Gasteiger charge is 2.16. The quantitative estimate of drug-likeness (QED) is 0.804. The topological polar surface area (TPSA) is 108 Å². The van der Waals surface area contributed by atoms with E-state index in [1.54, 1.807) is 0 Å². The zero-order chi connectivity index (χ0) is 15.6. The lowest BCUT2D eigenvalue weighted by Crippen LogP contribution is -2.14. The van der Waals surface area contributed by atoms with E-state index in [1.807, 2.05) is 13.8 Å². The van der Waals surface area contributed by atoms with E-state index in [4.69, 9.17) is 16.7 Å². The SMILES string of the molecule is CC(C)c1nc(C(=O)Nc2ccc(C(=O)O)cc2Cl)n[nH]1. The minimum Gasteiger partial charge on any atom is -0.478 e. The van der Waals surface area contributed by atoms with Crippen LogP contribution in [-0.2, 0) is 0 Å². The molecule has 0 fully saturated rings. The number of carbonyl (C=O) groups is 2. The Morgan fingerprint density at radius 3 is 2.62 bits per heavy atom. The van der Waals surface area contributed by atoms with Crippen molar-refractivity contribution < 1.29 is 14.7 Å². The molecule has 0 saturated carbocycles. The third-order valence-electron chi connectivity index (χ3n) is 2.72. The molecule has 2 rings (SSSR count). The Morgan fingerprint density at radius 2 is 2.10 bits per heavy atom. The molecule has 0 atom stereocenters. The summed E-state index contributed by atoms with van der Waals surface area (Å²) >= 11 is 5.93. The van der Waals surface area contributed by atoms with E-state index in [0.29, 0.717) is 11.5 Å². The molecule has 8 heteroatoms. The van der Waals surface area contributed by atoms with E-state index in [9.17, 15) is 9.59 Å². The second-order valence-electron chi connectivity index (χ2n) is 4.65. The van der Waals surface area contributed by atoms with Gasteiger partial charge in [0.15, 0.2) is 0 Å². The first-order valence-electron chi connectivity index (χ1n) is 6.15. The Hall–Kier alpha value is -2.41. The normalized spacial score (nSPS) is 10.7. The number of halogens is 1. The van der Waals surface area contributed by atoms with Crippen molar-refractivity contribution in [2.24, 2.45) is 0 Å². The van der Waals surface area contributed by atoms with Crippen molar-refractivity contribution in [1.82, 2.24) is 15.2 Å². The predicted molar refractivity (Wildman–Crippen MR) is 76.8 cm³/mol. The monoisotopic (exact) mass is 308 g/mol. The van der Waals surface area contributed by atoms with Gasteiger partial charge in [-0.3, -0.25) is 9.89 Å². The number of nitrogens with zero attached hydrogens (tertiary/aromatic N) is 2. The molecule has 1 aromatic heterocycles. The van der Waals surface area contributed by atoms with Crippen molar-refractivity contribution in [3.05, 3.63) is 40.4 Å². The van der Waals surface area contributed by atoms with Gasteiger partial charge in [0, 0.05) is 5.92 Å². The molecule has 0 aliphatic heterocycles. The van der Waals surface area contributed by atoms with Gasteiger partial charge in [0.2, 0.25) is 5.82 Å². The van der Waals surface area contributed by atoms with E-state index in [1.165, 1.54) is 18.2 Å². The molecule has 0 radical (unpaired) electrons. The minimum absolute atomic E-state index is 0.00271. The number of carboxylic acids is 1. The highest BCUT2D eigenvalue weighted by molar-refractivity contribution is 6.34. The molecule has 7 nitrogen and oxygen atoms in total. The number of anilines is 1. The van der Waals surface area contributed by atoms with Crippen LogP contribution in [0.1, 0.15) is 46.6 Å². The zero-order valence-corrected chi connectivity index (χ0v) is 12.1. The Kier molecular flexibility index (Phi) is 4.23. The molecular weight excluding hydrogens is 296 g/mol. The molecule has 0 saturated heterocycles. The number of hydrogen-bond donors (Lipinski definition) is 3. The van der Waals surface area contributed by atoms with E-state index < -0.39 is 11.9 Å². The van der Waals surface area contributed by atoms with Crippen molar-refractivity contribution in [2.75, 3.05) is 5.32 Å². The summed E-state index contributed by atoms with van der Waals surface area (Å²) < 4.78 is 0. The number of amides is 1. The zero-order valence-electron chi connectivity index (χ0n) is 11.3. The fraction of sp³-hybridized carbons (Fsp3) is 0.231. The van der Waals surface area contributed by atoms with Crippen LogP contribution in [0.5, 0.6) is 0 Å². The maximum Gasteiger partial charge on any atom is 0.335 e. The summed E-state index contributed by atoms with van der Waals surface area (Å²) in [6.45, 7) is 3.84. The van der Waals surface area contributed by atoms with Gasteiger partial charge in [-0.25, -0.2) is 9.78 Å². The fourth-order valence-electron chi connectivity index (χ4n) is 1.56. The third kappa shape index (κ3) is 3.38. The maximum absolute atomic E-state index is 12.0. The first-order chi connectivity index (χ1) is 9.88. The highest BCUT2D eigenvalue weighted by Crippen LogP contribution is 2.23. The van der Waals surface area contributed by atoms with Crippen LogP contribution in [-0.4, -0.2) is 32.2 Å². The van der Waals surface area contributed by atoms with Crippen LogP contribution in [0.3, 0.4) is 0 Å². The van der Waals surface area contributed by atoms with Gasteiger partial charge < -0.3 is 10.4 Å². The molecule has 0 aliphatic rings. The Balaban J connectivity index is 2.17. The van der Waals surface area contributed by atoms with Crippen LogP contribution < -0.4 is 5.32 Å². The number of nitrogens with one attached hydrogen (secondary N) is 2. The van der Waals surface area contributed by atoms with Crippen LogP contribution >= 0.6 is 11.6 Å². The third-order valence-corrected chi connectivity index (χ3v) is 3.03. The number of carboxylic acid groups (broad SMARTS) is 1. The van der Waals surface area contributed by atoms with Gasteiger partial charge in [-0.15, -0.1) is 5.10 Å². The summed E-state index contributed by atoms with van der Waals surface area (Å²) in [5.74, 6) is -0.893. The summed E-state index contributed by atoms with van der Waals surface area (Å²) in [5, 5.41) is 18.0. The van der Waals surface area contributed by atoms with Gasteiger partial charge in [-0.05, 0) is 18.2 Å². The smallest absolute Gasteiger partial charge is 0.335 e. The van der Waals surface area contributed by atoms with E-state index in [2.05, 4.69) is 20.5 Å². The highest BCUT2D eigenvalue weighted by atomic mass is 35.5. The van der Waals surface area contributed by atoms with Crippen LogP contribution in [0.4, 0.5) is 5.69 Å². The van der Waals surface area contributed by atoms with E-state index in [-0.39, 0.29) is 22.3 Å². The minimum atomic E-state index is -1.09. The Morgan fingerprint density at radius 1 is 1.38 bits per heavy atom. The standard InChI is InChI=1S/C13H13ClN4O3/c1-6(2)10-16-11(18-17-10)12(19)15-9-4-3-7(13(20)21)5-8(9)14/h3-6H,1-2H3,(H,15,19)(H,20,21)(H,16,17,18). The second kappa shape index (κ2) is 5.92. The second-order valence-corrected chi connectivity index (χ2v) is 5.06. The van der Waals surface area contributed by atoms with Crippen LogP contribution in [0.15, 0.2) is 18.2 Å². The van der Waals surface area contributed by atoms with Crippen LogP contribution in [0, 0.1) is 0 Å². The predicted octanol–water partition coefficient (Wildman–Crippen LogP) is 2.53. The summed E-state index contributed by atoms with van der Waals surface area (Å²) in [5.41, 5.74) is 0.334. The van der Waals surface area contributed by atoms with Crippen LogP contribution in [0.2, 0.25) is 5.02 Å². The Labute approximate surface area is 125 Å². The largest absolute Gasteiger partial charge is 0.478 e. The van der Waals surface area contributed by atoms with Crippen molar-refractivity contribution in [1.29, 1.82) is 0 Å². The van der Waals surface area contributed by atoms with Gasteiger partial charge >= 0.3 is 5.97 Å². The lowest BCUT2D eigenvalue weighted by molar-refractivity contribution is 0.0696. The molecule has 2 aromatic rings. The Bertz CT molecular complexity index is 696. The molecule has 1 amide bonds.